The summed E-state index contributed by atoms with van der Waals surface area (Å²) in [6.45, 7) is 6.53. The van der Waals surface area contributed by atoms with Gasteiger partial charge in [-0.25, -0.2) is 4.98 Å². The van der Waals surface area contributed by atoms with E-state index < -0.39 is 0 Å². The molecule has 102 valence electrons. The minimum Gasteiger partial charge on any atom is -0.472 e. The van der Waals surface area contributed by atoms with E-state index in [1.54, 1.807) is 6.20 Å². The number of ether oxygens (including phenoxy) is 2. The Balaban J connectivity index is 1.67. The van der Waals surface area contributed by atoms with Crippen LogP contribution in [0, 0.1) is 0 Å². The smallest absolute Gasteiger partial charge is 0.213 e. The van der Waals surface area contributed by atoms with Crippen LogP contribution in [0.4, 0.5) is 0 Å². The van der Waals surface area contributed by atoms with Gasteiger partial charge in [0.25, 0.3) is 0 Å². The maximum atomic E-state index is 5.98. The second-order valence-corrected chi connectivity index (χ2v) is 5.09. The van der Waals surface area contributed by atoms with Crippen molar-refractivity contribution in [3.8, 4) is 5.88 Å². The molecular weight excluding hydrogens is 240 g/mol. The summed E-state index contributed by atoms with van der Waals surface area (Å²) >= 11 is 0. The summed E-state index contributed by atoms with van der Waals surface area (Å²) in [7, 11) is 0. The van der Waals surface area contributed by atoms with Crippen molar-refractivity contribution in [2.45, 2.75) is 31.1 Å². The number of fused-ring (bicyclic) bond motifs is 1. The van der Waals surface area contributed by atoms with E-state index in [2.05, 4.69) is 16.5 Å². The number of hydrogen-bond acceptors (Lipinski definition) is 4. The van der Waals surface area contributed by atoms with Crippen LogP contribution in [-0.4, -0.2) is 47.8 Å². The molecule has 2 heterocycles. The van der Waals surface area contributed by atoms with Crippen LogP contribution < -0.4 is 4.74 Å². The number of pyridine rings is 1. The number of nitrogens with zero attached hydrogens (tertiary/aromatic N) is 2. The minimum atomic E-state index is 0.118. The van der Waals surface area contributed by atoms with E-state index in [1.807, 2.05) is 24.3 Å². The minimum absolute atomic E-state index is 0.118. The summed E-state index contributed by atoms with van der Waals surface area (Å²) in [6, 6.07) is 6.20. The first kappa shape index (κ1) is 12.6. The second-order valence-electron chi connectivity index (χ2n) is 5.09. The van der Waals surface area contributed by atoms with Crippen LogP contribution in [-0.2, 0) is 4.74 Å². The zero-order valence-corrected chi connectivity index (χ0v) is 11.1. The van der Waals surface area contributed by atoms with Gasteiger partial charge in [-0.3, -0.25) is 4.90 Å². The molecule has 2 fully saturated rings. The second kappa shape index (κ2) is 5.72. The van der Waals surface area contributed by atoms with Gasteiger partial charge in [0, 0.05) is 31.4 Å². The Morgan fingerprint density at radius 3 is 3.21 bits per heavy atom. The summed E-state index contributed by atoms with van der Waals surface area (Å²) in [5, 5.41) is 0. The number of aromatic nitrogens is 1. The van der Waals surface area contributed by atoms with Gasteiger partial charge in [-0.05, 0) is 18.9 Å². The third-order valence-electron chi connectivity index (χ3n) is 3.92. The third-order valence-corrected chi connectivity index (χ3v) is 3.92. The van der Waals surface area contributed by atoms with E-state index in [1.165, 1.54) is 0 Å². The molecule has 0 aromatic carbocycles. The largest absolute Gasteiger partial charge is 0.472 e. The molecule has 1 aromatic rings. The first-order chi connectivity index (χ1) is 9.38. The van der Waals surface area contributed by atoms with Crippen LogP contribution >= 0.6 is 0 Å². The lowest BCUT2D eigenvalue weighted by Crippen LogP contribution is -2.52. The van der Waals surface area contributed by atoms with Crippen molar-refractivity contribution in [1.82, 2.24) is 9.88 Å². The fourth-order valence-corrected chi connectivity index (χ4v) is 3.08. The van der Waals surface area contributed by atoms with Crippen molar-refractivity contribution in [1.29, 1.82) is 0 Å². The number of morpholine rings is 1. The lowest BCUT2D eigenvalue weighted by atomic mass is 10.1. The molecule has 1 aliphatic heterocycles. The fraction of sp³-hybridized carbons (Fsp3) is 0.533. The molecule has 4 nitrogen and oxygen atoms in total. The summed E-state index contributed by atoms with van der Waals surface area (Å²) in [6.07, 6.45) is 6.15. The van der Waals surface area contributed by atoms with Crippen molar-refractivity contribution in [2.75, 3.05) is 19.7 Å². The Morgan fingerprint density at radius 2 is 2.42 bits per heavy atom. The average molecular weight is 260 g/mol. The zero-order chi connectivity index (χ0) is 13.1. The number of hydrogen-bond donors (Lipinski definition) is 0. The van der Waals surface area contributed by atoms with Gasteiger partial charge in [0.05, 0.1) is 6.61 Å². The maximum absolute atomic E-state index is 5.98. The first-order valence-corrected chi connectivity index (χ1v) is 6.92. The molecule has 3 atom stereocenters. The molecule has 1 aliphatic carbocycles. The van der Waals surface area contributed by atoms with Crippen molar-refractivity contribution in [3.63, 3.8) is 0 Å². The first-order valence-electron chi connectivity index (χ1n) is 6.92. The van der Waals surface area contributed by atoms with Crippen molar-refractivity contribution in [2.24, 2.45) is 0 Å². The van der Waals surface area contributed by atoms with E-state index in [0.717, 1.165) is 32.5 Å². The Bertz CT molecular complexity index is 423. The van der Waals surface area contributed by atoms with Crippen molar-refractivity contribution in [3.05, 3.63) is 37.1 Å². The van der Waals surface area contributed by atoms with Crippen molar-refractivity contribution < 1.29 is 9.47 Å². The van der Waals surface area contributed by atoms with Gasteiger partial charge in [0.2, 0.25) is 5.88 Å². The molecule has 4 heteroatoms. The standard InChI is InChI=1S/C15H20N2O2/c1-2-9-17-10-11-18-15-12(17)6-7-13(15)19-14-5-3-4-8-16-14/h2-5,8,12-13,15H,1,6-7,9-11H2/t12-,13-,15+/m0/s1. The van der Waals surface area contributed by atoms with Gasteiger partial charge in [0.1, 0.15) is 12.2 Å². The normalized spacial score (nSPS) is 30.8. The van der Waals surface area contributed by atoms with E-state index >= 15 is 0 Å². The molecule has 0 N–H and O–H groups in total. The van der Waals surface area contributed by atoms with Crippen LogP contribution in [0.2, 0.25) is 0 Å². The molecule has 0 bridgehead atoms. The highest BCUT2D eigenvalue weighted by Gasteiger charge is 2.43. The Kier molecular flexibility index (Phi) is 3.80. The monoisotopic (exact) mass is 260 g/mol. The Labute approximate surface area is 114 Å². The highest BCUT2D eigenvalue weighted by Crippen LogP contribution is 2.32. The molecule has 0 spiro atoms. The molecule has 0 radical (unpaired) electrons. The van der Waals surface area contributed by atoms with Crippen LogP contribution in [0.1, 0.15) is 12.8 Å². The van der Waals surface area contributed by atoms with Crippen LogP contribution in [0.25, 0.3) is 0 Å². The van der Waals surface area contributed by atoms with Gasteiger partial charge in [-0.15, -0.1) is 6.58 Å². The third kappa shape index (κ3) is 2.65. The molecule has 3 rings (SSSR count). The van der Waals surface area contributed by atoms with Gasteiger partial charge >= 0.3 is 0 Å². The van der Waals surface area contributed by atoms with Crippen molar-refractivity contribution >= 4 is 0 Å². The molecule has 0 amide bonds. The van der Waals surface area contributed by atoms with Gasteiger partial charge in [-0.2, -0.15) is 0 Å². The summed E-state index contributed by atoms with van der Waals surface area (Å²) in [4.78, 5) is 6.68. The zero-order valence-electron chi connectivity index (χ0n) is 11.1. The molecule has 1 saturated heterocycles. The summed E-state index contributed by atoms with van der Waals surface area (Å²) in [5.41, 5.74) is 0. The SMILES string of the molecule is C=CCN1CCO[C@H]2[C@@H](Oc3ccccn3)CC[C@@H]21. The molecular formula is C15H20N2O2. The lowest BCUT2D eigenvalue weighted by Gasteiger charge is -2.38. The van der Waals surface area contributed by atoms with Gasteiger partial charge in [-0.1, -0.05) is 12.1 Å². The fourth-order valence-electron chi connectivity index (χ4n) is 3.08. The molecule has 2 aliphatic rings. The Morgan fingerprint density at radius 1 is 1.47 bits per heavy atom. The average Bonchev–Trinajstić information content (AvgIpc) is 2.85. The summed E-state index contributed by atoms with van der Waals surface area (Å²) in [5.74, 6) is 0.692. The van der Waals surface area contributed by atoms with Gasteiger partial charge in [0.15, 0.2) is 0 Å². The molecule has 1 saturated carbocycles. The number of rotatable bonds is 4. The predicted molar refractivity (Wildman–Crippen MR) is 73.2 cm³/mol. The van der Waals surface area contributed by atoms with Crippen LogP contribution in [0.5, 0.6) is 5.88 Å². The highest BCUT2D eigenvalue weighted by atomic mass is 16.5. The maximum Gasteiger partial charge on any atom is 0.213 e. The van der Waals surface area contributed by atoms with Crippen LogP contribution in [0.3, 0.4) is 0 Å². The van der Waals surface area contributed by atoms with Gasteiger partial charge < -0.3 is 9.47 Å². The quantitative estimate of drug-likeness (QED) is 0.774. The molecule has 0 unspecified atom stereocenters. The highest BCUT2D eigenvalue weighted by molar-refractivity contribution is 5.11. The lowest BCUT2D eigenvalue weighted by molar-refractivity contribution is -0.0865. The summed E-state index contributed by atoms with van der Waals surface area (Å²) < 4.78 is 11.9. The van der Waals surface area contributed by atoms with E-state index in [9.17, 15) is 0 Å². The van der Waals surface area contributed by atoms with E-state index in [0.29, 0.717) is 11.9 Å². The topological polar surface area (TPSA) is 34.6 Å². The van der Waals surface area contributed by atoms with Crippen LogP contribution in [0.15, 0.2) is 37.1 Å². The molecule has 19 heavy (non-hydrogen) atoms. The predicted octanol–water partition coefficient (Wildman–Crippen LogP) is 1.88. The Hall–Kier alpha value is -1.39. The van der Waals surface area contributed by atoms with E-state index in [4.69, 9.17) is 9.47 Å². The molecule has 1 aromatic heterocycles. The van der Waals surface area contributed by atoms with E-state index in [-0.39, 0.29) is 12.2 Å².